The first-order chi connectivity index (χ1) is 12.0. The number of nitrogens with zero attached hydrogens (tertiary/aromatic N) is 1. The molecule has 1 amide bonds. The van der Waals surface area contributed by atoms with Gasteiger partial charge in [0.15, 0.2) is 6.04 Å². The van der Waals surface area contributed by atoms with Gasteiger partial charge in [0.1, 0.15) is 6.04 Å². The number of hydrogen-bond acceptors (Lipinski definition) is 4. The molecule has 25 heavy (non-hydrogen) atoms. The zero-order valence-electron chi connectivity index (χ0n) is 13.4. The molecule has 0 aliphatic carbocycles. The number of aromatic nitrogens is 1. The molecular formula is C18H16N2O4S. The Hall–Kier alpha value is -2.93. The molecule has 1 heterocycles. The van der Waals surface area contributed by atoms with Gasteiger partial charge in [-0.2, -0.15) is 0 Å². The third-order valence-corrected chi connectivity index (χ3v) is 4.97. The van der Waals surface area contributed by atoms with Crippen LogP contribution in [0.15, 0.2) is 59.4 Å². The van der Waals surface area contributed by atoms with Gasteiger partial charge in [0, 0.05) is 0 Å². The van der Waals surface area contributed by atoms with E-state index in [0.717, 1.165) is 4.70 Å². The van der Waals surface area contributed by atoms with Gasteiger partial charge < -0.3 is 10.4 Å². The molecule has 0 radical (unpaired) electrons. The van der Waals surface area contributed by atoms with Crippen molar-refractivity contribution in [1.82, 2.24) is 9.27 Å². The Balaban J connectivity index is 2.11. The lowest BCUT2D eigenvalue weighted by molar-refractivity contribution is -0.141. The van der Waals surface area contributed by atoms with E-state index in [1.165, 1.54) is 22.4 Å². The fourth-order valence-electron chi connectivity index (χ4n) is 2.54. The van der Waals surface area contributed by atoms with Gasteiger partial charge in [0.25, 0.3) is 5.56 Å². The maximum Gasteiger partial charge on any atom is 0.325 e. The third-order valence-electron chi connectivity index (χ3n) is 3.84. The molecule has 2 atom stereocenters. The Morgan fingerprint density at radius 2 is 1.72 bits per heavy atom. The molecule has 3 rings (SSSR count). The number of carboxylic acid groups (broad SMARTS) is 1. The predicted molar refractivity (Wildman–Crippen MR) is 95.9 cm³/mol. The summed E-state index contributed by atoms with van der Waals surface area (Å²) in [5.41, 5.74) is 0.346. The Kier molecular flexibility index (Phi) is 4.67. The highest BCUT2D eigenvalue weighted by Gasteiger charge is 2.28. The highest BCUT2D eigenvalue weighted by atomic mass is 32.1. The van der Waals surface area contributed by atoms with Crippen molar-refractivity contribution in [1.29, 1.82) is 0 Å². The van der Waals surface area contributed by atoms with Gasteiger partial charge in [-0.3, -0.25) is 14.4 Å². The first-order valence-electron chi connectivity index (χ1n) is 7.67. The molecule has 1 unspecified atom stereocenters. The Morgan fingerprint density at radius 3 is 2.36 bits per heavy atom. The SMILES string of the molecule is C[C@@H](NC(=O)C(c1ccccc1)n1sc2ccccc2c1=O)C(=O)O. The summed E-state index contributed by atoms with van der Waals surface area (Å²) in [6.07, 6.45) is 0. The number of fused-ring (bicyclic) bond motifs is 1. The molecule has 0 saturated carbocycles. The normalized spacial score (nSPS) is 13.3. The van der Waals surface area contributed by atoms with Crippen molar-refractivity contribution < 1.29 is 14.7 Å². The number of carboxylic acids is 1. The molecule has 0 aliphatic rings. The van der Waals surface area contributed by atoms with Crippen LogP contribution in [0.5, 0.6) is 0 Å². The topological polar surface area (TPSA) is 88.4 Å². The van der Waals surface area contributed by atoms with Crippen LogP contribution < -0.4 is 10.9 Å². The summed E-state index contributed by atoms with van der Waals surface area (Å²) in [6.45, 7) is 1.38. The number of hydrogen-bond donors (Lipinski definition) is 2. The van der Waals surface area contributed by atoms with Crippen molar-refractivity contribution in [2.24, 2.45) is 0 Å². The van der Waals surface area contributed by atoms with Crippen molar-refractivity contribution in [3.8, 4) is 0 Å². The molecule has 0 spiro atoms. The number of benzene rings is 2. The molecule has 128 valence electrons. The third kappa shape index (κ3) is 3.32. The molecule has 0 bridgehead atoms. The zero-order chi connectivity index (χ0) is 18.0. The van der Waals surface area contributed by atoms with E-state index in [4.69, 9.17) is 5.11 Å². The summed E-state index contributed by atoms with van der Waals surface area (Å²) in [5.74, 6) is -1.67. The van der Waals surface area contributed by atoms with E-state index in [1.54, 1.807) is 36.4 Å². The maximum absolute atomic E-state index is 12.8. The number of carbonyl (C=O) groups is 2. The number of rotatable bonds is 5. The molecular weight excluding hydrogens is 340 g/mol. The fourth-order valence-corrected chi connectivity index (χ4v) is 3.65. The van der Waals surface area contributed by atoms with Crippen LogP contribution in [0.4, 0.5) is 0 Å². The smallest absolute Gasteiger partial charge is 0.325 e. The summed E-state index contributed by atoms with van der Waals surface area (Å²) in [5, 5.41) is 12.0. The second kappa shape index (κ2) is 6.90. The second-order valence-corrected chi connectivity index (χ2v) is 6.62. The second-order valence-electron chi connectivity index (χ2n) is 5.60. The molecule has 3 aromatic rings. The van der Waals surface area contributed by atoms with E-state index in [1.807, 2.05) is 18.2 Å². The number of amides is 1. The van der Waals surface area contributed by atoms with Crippen molar-refractivity contribution in [3.63, 3.8) is 0 Å². The van der Waals surface area contributed by atoms with Crippen LogP contribution >= 0.6 is 11.5 Å². The minimum Gasteiger partial charge on any atom is -0.480 e. The van der Waals surface area contributed by atoms with Gasteiger partial charge in [0.05, 0.1) is 10.1 Å². The van der Waals surface area contributed by atoms with Crippen molar-refractivity contribution in [3.05, 3.63) is 70.5 Å². The molecule has 2 N–H and O–H groups in total. The molecule has 0 aliphatic heterocycles. The van der Waals surface area contributed by atoms with Gasteiger partial charge in [-0.25, -0.2) is 3.96 Å². The van der Waals surface area contributed by atoms with E-state index in [9.17, 15) is 14.4 Å². The fraction of sp³-hybridized carbons (Fsp3) is 0.167. The van der Waals surface area contributed by atoms with Gasteiger partial charge >= 0.3 is 5.97 Å². The highest BCUT2D eigenvalue weighted by Crippen LogP contribution is 2.24. The maximum atomic E-state index is 12.8. The Labute approximate surface area is 147 Å². The monoisotopic (exact) mass is 356 g/mol. The van der Waals surface area contributed by atoms with E-state index in [-0.39, 0.29) is 5.56 Å². The lowest BCUT2D eigenvalue weighted by atomic mass is 10.1. The molecule has 2 aromatic carbocycles. The van der Waals surface area contributed by atoms with Crippen LogP contribution in [0.3, 0.4) is 0 Å². The molecule has 7 heteroatoms. The molecule has 0 fully saturated rings. The van der Waals surface area contributed by atoms with Gasteiger partial charge in [-0.1, -0.05) is 54.0 Å². The summed E-state index contributed by atoms with van der Waals surface area (Å²) in [4.78, 5) is 36.6. The van der Waals surface area contributed by atoms with Crippen molar-refractivity contribution in [2.45, 2.75) is 19.0 Å². The zero-order valence-corrected chi connectivity index (χ0v) is 14.2. The van der Waals surface area contributed by atoms with Crippen LogP contribution in [0, 0.1) is 0 Å². The quantitative estimate of drug-likeness (QED) is 0.734. The summed E-state index contributed by atoms with van der Waals surface area (Å²) in [6, 6.07) is 14.0. The van der Waals surface area contributed by atoms with Crippen LogP contribution in [-0.4, -0.2) is 27.0 Å². The summed E-state index contributed by atoms with van der Waals surface area (Å²) in [7, 11) is 0. The standard InChI is InChI=1S/C18H16N2O4S/c1-11(18(23)24)19-16(21)15(12-7-3-2-4-8-12)20-17(22)13-9-5-6-10-14(13)25-20/h2-11,15H,1H3,(H,19,21)(H,23,24)/t11-,15?/m1/s1. The molecule has 1 aromatic heterocycles. The van der Waals surface area contributed by atoms with E-state index < -0.39 is 24.0 Å². The minimum atomic E-state index is -1.14. The van der Waals surface area contributed by atoms with Crippen LogP contribution in [0.2, 0.25) is 0 Å². The van der Waals surface area contributed by atoms with Crippen molar-refractivity contribution in [2.75, 3.05) is 0 Å². The van der Waals surface area contributed by atoms with E-state index >= 15 is 0 Å². The predicted octanol–water partition coefficient (Wildman–Crippen LogP) is 2.24. The average molecular weight is 356 g/mol. The van der Waals surface area contributed by atoms with Gasteiger partial charge in [-0.05, 0) is 24.6 Å². The van der Waals surface area contributed by atoms with Crippen molar-refractivity contribution >= 4 is 33.5 Å². The van der Waals surface area contributed by atoms with E-state index in [2.05, 4.69) is 5.32 Å². The summed E-state index contributed by atoms with van der Waals surface area (Å²) >= 11 is 1.19. The lowest BCUT2D eigenvalue weighted by Gasteiger charge is -2.19. The highest BCUT2D eigenvalue weighted by molar-refractivity contribution is 7.14. The first kappa shape index (κ1) is 16.9. The Morgan fingerprint density at radius 1 is 1.08 bits per heavy atom. The van der Waals surface area contributed by atoms with Crippen LogP contribution in [-0.2, 0) is 9.59 Å². The van der Waals surface area contributed by atoms with Gasteiger partial charge in [0.2, 0.25) is 5.91 Å². The number of carbonyl (C=O) groups excluding carboxylic acids is 1. The summed E-state index contributed by atoms with van der Waals surface area (Å²) < 4.78 is 2.16. The number of aliphatic carboxylic acids is 1. The first-order valence-corrected chi connectivity index (χ1v) is 8.45. The average Bonchev–Trinajstić information content (AvgIpc) is 2.93. The van der Waals surface area contributed by atoms with E-state index in [0.29, 0.717) is 10.9 Å². The number of nitrogens with one attached hydrogen (secondary N) is 1. The minimum absolute atomic E-state index is 0.271. The largest absolute Gasteiger partial charge is 0.480 e. The molecule has 6 nitrogen and oxygen atoms in total. The van der Waals surface area contributed by atoms with Crippen LogP contribution in [0.1, 0.15) is 18.5 Å². The lowest BCUT2D eigenvalue weighted by Crippen LogP contribution is -2.43. The van der Waals surface area contributed by atoms with Crippen LogP contribution in [0.25, 0.3) is 10.1 Å². The Bertz CT molecular complexity index is 977. The molecule has 0 saturated heterocycles. The van der Waals surface area contributed by atoms with Gasteiger partial charge in [-0.15, -0.1) is 0 Å².